The summed E-state index contributed by atoms with van der Waals surface area (Å²) in [6.45, 7) is 0. The Morgan fingerprint density at radius 1 is 0.917 bits per heavy atom. The summed E-state index contributed by atoms with van der Waals surface area (Å²) in [4.78, 5) is 0. The molecule has 2 rings (SSSR count). The van der Waals surface area contributed by atoms with E-state index in [4.69, 9.17) is 0 Å². The van der Waals surface area contributed by atoms with E-state index in [1.54, 1.807) is 6.56 Å². The van der Waals surface area contributed by atoms with Crippen molar-refractivity contribution in [2.24, 2.45) is 0 Å². The van der Waals surface area contributed by atoms with Gasteiger partial charge in [0.2, 0.25) is 0 Å². The second-order valence-corrected chi connectivity index (χ2v) is 6.55. The SMILES string of the molecule is C.C1=CC[C]([Zr][C]2=CC=CC2)=C1. The maximum atomic E-state index is 2.31. The molecule has 1 heteroatoms. The summed E-state index contributed by atoms with van der Waals surface area (Å²) in [6, 6.07) is 0. The number of allylic oxidation sites excluding steroid dienone is 8. The van der Waals surface area contributed by atoms with Gasteiger partial charge in [0.25, 0.3) is 0 Å². The third kappa shape index (κ3) is 2.42. The molecule has 0 aromatic rings. The maximum absolute atomic E-state index is 2.31. The van der Waals surface area contributed by atoms with Crippen molar-refractivity contribution in [1.29, 1.82) is 0 Å². The summed E-state index contributed by atoms with van der Waals surface area (Å²) in [5.74, 6) is 0. The van der Waals surface area contributed by atoms with Gasteiger partial charge >= 0.3 is 79.1 Å². The standard InChI is InChI=1S/2C5H5.CH4.Zr/c2*1-2-4-5-3-1;;/h2*1-3H,4H2;1H4;. The average molecular weight is 237 g/mol. The van der Waals surface area contributed by atoms with Crippen molar-refractivity contribution in [3.63, 3.8) is 0 Å². The third-order valence-corrected chi connectivity index (χ3v) is 5.27. The summed E-state index contributed by atoms with van der Waals surface area (Å²) in [7, 11) is 0. The van der Waals surface area contributed by atoms with Crippen LogP contribution in [-0.2, 0) is 23.2 Å². The van der Waals surface area contributed by atoms with Crippen LogP contribution in [0, 0.1) is 0 Å². The molecule has 2 aliphatic carbocycles. The van der Waals surface area contributed by atoms with E-state index < -0.39 is 0 Å². The molecular weight excluding hydrogens is 223 g/mol. The Morgan fingerprint density at radius 2 is 1.42 bits per heavy atom. The van der Waals surface area contributed by atoms with Crippen LogP contribution in [0.25, 0.3) is 0 Å². The molecule has 0 N–H and O–H groups in total. The fourth-order valence-corrected chi connectivity index (χ4v) is 4.26. The summed E-state index contributed by atoms with van der Waals surface area (Å²) in [6.07, 6.45) is 16.0. The first-order chi connectivity index (χ1) is 5.45. The van der Waals surface area contributed by atoms with E-state index in [9.17, 15) is 0 Å². The molecule has 0 saturated carbocycles. The number of rotatable bonds is 2. The van der Waals surface area contributed by atoms with Crippen molar-refractivity contribution in [1.82, 2.24) is 0 Å². The number of hydrogen-bond donors (Lipinski definition) is 0. The quantitative estimate of drug-likeness (QED) is 0.690. The topological polar surface area (TPSA) is 0 Å². The first-order valence-electron chi connectivity index (χ1n) is 3.93. The van der Waals surface area contributed by atoms with E-state index in [-0.39, 0.29) is 30.7 Å². The molecule has 0 aromatic carbocycles. The fourth-order valence-electron chi connectivity index (χ4n) is 1.29. The molecule has 0 unspecified atom stereocenters. The molecule has 0 nitrogen and oxygen atoms in total. The summed E-state index contributed by atoms with van der Waals surface area (Å²) in [5, 5.41) is 0. The molecule has 0 atom stereocenters. The molecule has 62 valence electrons. The van der Waals surface area contributed by atoms with Crippen molar-refractivity contribution in [2.75, 3.05) is 0 Å². The zero-order valence-corrected chi connectivity index (χ0v) is 8.84. The van der Waals surface area contributed by atoms with Crippen LogP contribution in [0.1, 0.15) is 20.3 Å². The van der Waals surface area contributed by atoms with E-state index in [1.807, 2.05) is 0 Å². The molecular formula is C11H14Zr. The molecule has 12 heavy (non-hydrogen) atoms. The Balaban J connectivity index is 0.000000720. The van der Waals surface area contributed by atoms with Gasteiger partial charge < -0.3 is 0 Å². The van der Waals surface area contributed by atoms with Crippen LogP contribution in [0.5, 0.6) is 0 Å². The second-order valence-electron chi connectivity index (χ2n) is 2.77. The molecule has 0 fully saturated rings. The van der Waals surface area contributed by atoms with Gasteiger partial charge in [-0.05, 0) is 0 Å². The van der Waals surface area contributed by atoms with E-state index in [1.165, 1.54) is 12.8 Å². The second kappa shape index (κ2) is 4.77. The first kappa shape index (κ1) is 9.93. The summed E-state index contributed by atoms with van der Waals surface area (Å²) < 4.78 is 3.45. The van der Waals surface area contributed by atoms with Crippen molar-refractivity contribution >= 4 is 0 Å². The predicted molar refractivity (Wildman–Crippen MR) is 50.4 cm³/mol. The summed E-state index contributed by atoms with van der Waals surface area (Å²) in [5.41, 5.74) is 0. The molecule has 2 aliphatic rings. The van der Waals surface area contributed by atoms with Gasteiger partial charge in [0.15, 0.2) is 0 Å². The van der Waals surface area contributed by atoms with Crippen LogP contribution in [-0.4, -0.2) is 0 Å². The van der Waals surface area contributed by atoms with Crippen molar-refractivity contribution < 1.29 is 23.2 Å². The van der Waals surface area contributed by atoms with Gasteiger partial charge in [-0.15, -0.1) is 0 Å². The molecule has 0 heterocycles. The summed E-state index contributed by atoms with van der Waals surface area (Å²) >= 11 is -0.312. The molecule has 0 spiro atoms. The molecule has 0 aliphatic heterocycles. The van der Waals surface area contributed by atoms with Gasteiger partial charge in [0.05, 0.1) is 0 Å². The Labute approximate surface area is 86.3 Å². The fraction of sp³-hybridized carbons (Fsp3) is 0.273. The van der Waals surface area contributed by atoms with Crippen molar-refractivity contribution in [3.8, 4) is 0 Å². The van der Waals surface area contributed by atoms with Crippen LogP contribution < -0.4 is 0 Å². The van der Waals surface area contributed by atoms with Gasteiger partial charge in [0.1, 0.15) is 0 Å². The monoisotopic (exact) mass is 236 g/mol. The Hall–Kier alpha value is -0.157. The molecule has 0 radical (unpaired) electrons. The average Bonchev–Trinajstić information content (AvgIpc) is 2.60. The predicted octanol–water partition coefficient (Wildman–Crippen LogP) is 3.39. The third-order valence-electron chi connectivity index (χ3n) is 1.86. The zero-order valence-electron chi connectivity index (χ0n) is 6.38. The van der Waals surface area contributed by atoms with Crippen LogP contribution >= 0.6 is 0 Å². The Bertz CT molecular complexity index is 239. The van der Waals surface area contributed by atoms with Gasteiger partial charge in [-0.25, -0.2) is 0 Å². The van der Waals surface area contributed by atoms with Gasteiger partial charge in [-0.2, -0.15) is 0 Å². The van der Waals surface area contributed by atoms with Gasteiger partial charge in [0, 0.05) is 0 Å². The Morgan fingerprint density at radius 3 is 1.75 bits per heavy atom. The first-order valence-corrected chi connectivity index (χ1v) is 6.39. The normalized spacial score (nSPS) is 18.7. The van der Waals surface area contributed by atoms with Crippen LogP contribution in [0.3, 0.4) is 0 Å². The van der Waals surface area contributed by atoms with Crippen LogP contribution in [0.4, 0.5) is 0 Å². The molecule has 0 saturated heterocycles. The zero-order chi connectivity index (χ0) is 7.52. The van der Waals surface area contributed by atoms with Crippen LogP contribution in [0.2, 0.25) is 0 Å². The van der Waals surface area contributed by atoms with Gasteiger partial charge in [-0.1, -0.05) is 7.43 Å². The number of hydrogen-bond acceptors (Lipinski definition) is 0. The molecule has 0 amide bonds. The van der Waals surface area contributed by atoms with E-state index >= 15 is 0 Å². The van der Waals surface area contributed by atoms with Crippen molar-refractivity contribution in [3.05, 3.63) is 43.0 Å². The van der Waals surface area contributed by atoms with Crippen molar-refractivity contribution in [2.45, 2.75) is 20.3 Å². The van der Waals surface area contributed by atoms with Crippen LogP contribution in [0.15, 0.2) is 43.0 Å². The minimum atomic E-state index is -0.312. The molecule has 0 aromatic heterocycles. The minimum absolute atomic E-state index is 0. The van der Waals surface area contributed by atoms with Gasteiger partial charge in [-0.3, -0.25) is 0 Å². The molecule has 0 bridgehead atoms. The van der Waals surface area contributed by atoms with E-state index in [0.717, 1.165) is 0 Å². The van der Waals surface area contributed by atoms with E-state index in [0.29, 0.717) is 0 Å². The van der Waals surface area contributed by atoms with E-state index in [2.05, 4.69) is 36.5 Å². The Kier molecular flexibility index (Phi) is 3.94.